The largest absolute Gasteiger partial charge is 0.395 e. The molecule has 1 spiro atoms. The van der Waals surface area contributed by atoms with E-state index in [-0.39, 0.29) is 29.8 Å². The zero-order chi connectivity index (χ0) is 27.1. The van der Waals surface area contributed by atoms with Crippen LogP contribution in [0.3, 0.4) is 0 Å². The standard InChI is InChI=1S/C26H32F2N4O5S/c27-26(28)6-5-19(17-26)32-11-1-2-21(24(32)35)29-23(34)20-4-3-18(30-38(36,37)15-14-33)16-22(20)31-12-9-25(7-8-25)10-13-31/h1-4,11,16,19,30,33H,5-10,12-15,17H2,(H,29,34)/t19-/m1/s1. The van der Waals surface area contributed by atoms with Gasteiger partial charge in [-0.3, -0.25) is 14.3 Å². The van der Waals surface area contributed by atoms with Gasteiger partial charge in [0.15, 0.2) is 0 Å². The third kappa shape index (κ3) is 5.70. The van der Waals surface area contributed by atoms with E-state index in [0.29, 0.717) is 24.2 Å². The summed E-state index contributed by atoms with van der Waals surface area (Å²) in [6.07, 6.45) is 5.29. The number of nitrogens with zero attached hydrogens (tertiary/aromatic N) is 2. The molecule has 9 nitrogen and oxygen atoms in total. The molecule has 3 fully saturated rings. The zero-order valence-electron chi connectivity index (χ0n) is 21.0. The summed E-state index contributed by atoms with van der Waals surface area (Å²) >= 11 is 0. The smallest absolute Gasteiger partial charge is 0.274 e. The van der Waals surface area contributed by atoms with E-state index < -0.39 is 52.2 Å². The Bertz CT molecular complexity index is 1380. The van der Waals surface area contributed by atoms with E-state index in [0.717, 1.165) is 12.8 Å². The van der Waals surface area contributed by atoms with E-state index in [9.17, 15) is 26.8 Å². The molecule has 12 heteroatoms. The van der Waals surface area contributed by atoms with E-state index in [1.54, 1.807) is 12.1 Å². The highest BCUT2D eigenvalue weighted by atomic mass is 32.2. The summed E-state index contributed by atoms with van der Waals surface area (Å²) < 4.78 is 55.6. The SMILES string of the molecule is O=C(Nc1cccn([C@@H]2CCC(F)(F)C2)c1=O)c1ccc(NS(=O)(=O)CCO)cc1N1CCC2(CC1)CC2. The van der Waals surface area contributed by atoms with Gasteiger partial charge >= 0.3 is 0 Å². The fourth-order valence-corrected chi connectivity index (χ4v) is 6.37. The van der Waals surface area contributed by atoms with Crippen molar-refractivity contribution in [2.45, 2.75) is 56.9 Å². The van der Waals surface area contributed by atoms with Gasteiger partial charge in [-0.05, 0) is 67.9 Å². The number of amides is 1. The highest BCUT2D eigenvalue weighted by molar-refractivity contribution is 7.92. The van der Waals surface area contributed by atoms with Gasteiger partial charge in [-0.1, -0.05) is 0 Å². The minimum absolute atomic E-state index is 0.0121. The number of nitrogens with one attached hydrogen (secondary N) is 2. The van der Waals surface area contributed by atoms with Crippen molar-refractivity contribution in [2.24, 2.45) is 5.41 Å². The highest BCUT2D eigenvalue weighted by Crippen LogP contribution is 2.54. The molecule has 1 atom stereocenters. The van der Waals surface area contributed by atoms with E-state index >= 15 is 0 Å². The Labute approximate surface area is 219 Å². The molecule has 1 aliphatic heterocycles. The lowest BCUT2D eigenvalue weighted by Crippen LogP contribution is -2.36. The summed E-state index contributed by atoms with van der Waals surface area (Å²) in [7, 11) is -3.77. The number of pyridine rings is 1. The first-order valence-corrected chi connectivity index (χ1v) is 14.6. The van der Waals surface area contributed by atoms with Crippen LogP contribution in [-0.4, -0.2) is 55.4 Å². The maximum Gasteiger partial charge on any atom is 0.274 e. The molecule has 1 aromatic carbocycles. The first kappa shape index (κ1) is 26.6. The number of hydrogen-bond acceptors (Lipinski definition) is 6. The molecule has 2 aromatic rings. The molecule has 0 radical (unpaired) electrons. The van der Waals surface area contributed by atoms with Gasteiger partial charge in [0, 0.05) is 38.2 Å². The van der Waals surface area contributed by atoms with Gasteiger partial charge in [0.1, 0.15) is 5.69 Å². The predicted molar refractivity (Wildman–Crippen MR) is 141 cm³/mol. The number of hydrogen-bond donors (Lipinski definition) is 3. The van der Waals surface area contributed by atoms with Gasteiger partial charge in [0.2, 0.25) is 15.9 Å². The topological polar surface area (TPSA) is 121 Å². The van der Waals surface area contributed by atoms with Crippen LogP contribution >= 0.6 is 0 Å². The van der Waals surface area contributed by atoms with Crippen molar-refractivity contribution in [1.29, 1.82) is 0 Å². The summed E-state index contributed by atoms with van der Waals surface area (Å²) in [6, 6.07) is 6.91. The molecular weight excluding hydrogens is 518 g/mol. The number of benzene rings is 1. The molecule has 3 aliphatic rings. The number of carbonyl (C=O) groups is 1. The van der Waals surface area contributed by atoms with Crippen LogP contribution in [0.15, 0.2) is 41.3 Å². The Kier molecular flexibility index (Phi) is 6.97. The van der Waals surface area contributed by atoms with Crippen molar-refractivity contribution in [2.75, 3.05) is 40.4 Å². The van der Waals surface area contributed by atoms with E-state index in [1.807, 2.05) is 4.90 Å². The lowest BCUT2D eigenvalue weighted by Gasteiger charge is -2.35. The Hall–Kier alpha value is -2.99. The van der Waals surface area contributed by atoms with Gasteiger partial charge in [-0.2, -0.15) is 0 Å². The van der Waals surface area contributed by atoms with Crippen LogP contribution in [0.25, 0.3) is 0 Å². The summed E-state index contributed by atoms with van der Waals surface area (Å²) in [5.74, 6) is -3.82. The molecule has 1 amide bonds. The minimum atomic E-state index is -3.77. The van der Waals surface area contributed by atoms with E-state index in [2.05, 4.69) is 10.0 Å². The third-order valence-electron chi connectivity index (χ3n) is 7.99. The molecule has 206 valence electrons. The normalized spacial score (nSPS) is 21.9. The van der Waals surface area contributed by atoms with Gasteiger partial charge in [0.25, 0.3) is 11.5 Å². The maximum atomic E-state index is 13.8. The Morgan fingerprint density at radius 1 is 1.11 bits per heavy atom. The number of carbonyl (C=O) groups excluding carboxylic acids is 1. The number of aliphatic hydroxyl groups excluding tert-OH is 1. The van der Waals surface area contributed by atoms with Crippen LogP contribution in [0.2, 0.25) is 0 Å². The molecule has 0 unspecified atom stereocenters. The van der Waals surface area contributed by atoms with E-state index in [4.69, 9.17) is 5.11 Å². The van der Waals surface area contributed by atoms with Crippen molar-refractivity contribution in [3.05, 3.63) is 52.4 Å². The molecule has 2 saturated carbocycles. The fraction of sp³-hybridized carbons (Fsp3) is 0.538. The average Bonchev–Trinajstić information content (AvgIpc) is 3.51. The first-order chi connectivity index (χ1) is 18.0. The second-order valence-corrected chi connectivity index (χ2v) is 12.5. The van der Waals surface area contributed by atoms with Gasteiger partial charge < -0.3 is 19.9 Å². The number of alkyl halides is 2. The van der Waals surface area contributed by atoms with Crippen LogP contribution in [-0.2, 0) is 10.0 Å². The molecule has 1 saturated heterocycles. The predicted octanol–water partition coefficient (Wildman–Crippen LogP) is 3.58. The minimum Gasteiger partial charge on any atom is -0.395 e. The van der Waals surface area contributed by atoms with Gasteiger partial charge in [-0.25, -0.2) is 17.2 Å². The number of sulfonamides is 1. The van der Waals surface area contributed by atoms with Crippen LogP contribution in [0.4, 0.5) is 25.8 Å². The molecule has 38 heavy (non-hydrogen) atoms. The number of aliphatic hydroxyl groups is 1. The van der Waals surface area contributed by atoms with Crippen LogP contribution < -0.4 is 20.5 Å². The Morgan fingerprint density at radius 3 is 2.47 bits per heavy atom. The van der Waals surface area contributed by atoms with Crippen molar-refractivity contribution in [3.8, 4) is 0 Å². The second-order valence-electron chi connectivity index (χ2n) is 10.7. The molecule has 5 rings (SSSR count). The third-order valence-corrected chi connectivity index (χ3v) is 9.26. The molecule has 3 N–H and O–H groups in total. The monoisotopic (exact) mass is 550 g/mol. The molecule has 2 aliphatic carbocycles. The Balaban J connectivity index is 1.42. The highest BCUT2D eigenvalue weighted by Gasteiger charge is 2.45. The molecule has 1 aromatic heterocycles. The van der Waals surface area contributed by atoms with Gasteiger partial charge in [-0.15, -0.1) is 0 Å². The lowest BCUT2D eigenvalue weighted by atomic mass is 9.93. The lowest BCUT2D eigenvalue weighted by molar-refractivity contribution is 0.00551. The summed E-state index contributed by atoms with van der Waals surface area (Å²) in [5.41, 5.74) is 0.888. The zero-order valence-corrected chi connectivity index (χ0v) is 21.8. The quantitative estimate of drug-likeness (QED) is 0.462. The van der Waals surface area contributed by atoms with Crippen molar-refractivity contribution in [1.82, 2.24) is 4.57 Å². The van der Waals surface area contributed by atoms with Gasteiger partial charge in [0.05, 0.1) is 29.3 Å². The number of aromatic nitrogens is 1. The van der Waals surface area contributed by atoms with Crippen LogP contribution in [0, 0.1) is 5.41 Å². The number of piperidine rings is 1. The summed E-state index contributed by atoms with van der Waals surface area (Å²) in [5, 5.41) is 11.7. The van der Waals surface area contributed by atoms with Crippen LogP contribution in [0.5, 0.6) is 0 Å². The summed E-state index contributed by atoms with van der Waals surface area (Å²) in [4.78, 5) is 28.5. The number of halogens is 2. The number of rotatable bonds is 8. The maximum absolute atomic E-state index is 13.8. The first-order valence-electron chi connectivity index (χ1n) is 12.9. The van der Waals surface area contributed by atoms with Crippen molar-refractivity contribution < 1.29 is 27.1 Å². The average molecular weight is 551 g/mol. The second kappa shape index (κ2) is 9.96. The van der Waals surface area contributed by atoms with Crippen LogP contribution in [0.1, 0.15) is 61.3 Å². The molecule has 0 bridgehead atoms. The van der Waals surface area contributed by atoms with E-state index in [1.165, 1.54) is 41.8 Å². The van der Waals surface area contributed by atoms with Crippen molar-refractivity contribution >= 4 is 33.0 Å². The molecular formula is C26H32F2N4O5S. The molecule has 2 heterocycles. The fourth-order valence-electron chi connectivity index (χ4n) is 5.54. The summed E-state index contributed by atoms with van der Waals surface area (Å²) in [6.45, 7) is 0.895. The number of anilines is 3. The Morgan fingerprint density at radius 2 is 1.84 bits per heavy atom. The van der Waals surface area contributed by atoms with Crippen molar-refractivity contribution in [3.63, 3.8) is 0 Å².